The maximum atomic E-state index is 15.3. The van der Waals surface area contributed by atoms with Crippen LogP contribution in [0, 0.1) is 5.82 Å². The van der Waals surface area contributed by atoms with Gasteiger partial charge in [-0.2, -0.15) is 13.2 Å². The number of aromatic nitrogens is 3. The molecule has 2 aromatic heterocycles. The number of pyridine rings is 1. The lowest BCUT2D eigenvalue weighted by Gasteiger charge is -2.32. The van der Waals surface area contributed by atoms with Crippen molar-refractivity contribution in [2.24, 2.45) is 0 Å². The van der Waals surface area contributed by atoms with Gasteiger partial charge in [0.1, 0.15) is 46.9 Å². The number of alkyl halides is 3. The van der Waals surface area contributed by atoms with Gasteiger partial charge in [0, 0.05) is 48.9 Å². The summed E-state index contributed by atoms with van der Waals surface area (Å²) in [5.74, 6) is -0.793. The Labute approximate surface area is 267 Å². The van der Waals surface area contributed by atoms with E-state index in [1.54, 1.807) is 18.1 Å². The Morgan fingerprint density at radius 2 is 1.79 bits per heavy atom. The highest BCUT2D eigenvalue weighted by Crippen LogP contribution is 2.35. The smallest absolute Gasteiger partial charge is 0.408 e. The van der Waals surface area contributed by atoms with E-state index in [4.69, 9.17) is 9.47 Å². The average molecular weight is 654 g/mol. The molecule has 1 fully saturated rings. The molecular weight excluding hydrogens is 622 g/mol. The number of hydrogen-bond acceptors (Lipinski definition) is 9. The van der Waals surface area contributed by atoms with Crippen molar-refractivity contribution in [1.82, 2.24) is 25.2 Å². The zero-order chi connectivity index (χ0) is 33.7. The number of methoxy groups -OCH3 is 1. The van der Waals surface area contributed by atoms with E-state index in [2.05, 4.69) is 32.2 Å². The molecule has 11 nitrogen and oxygen atoms in total. The number of likely N-dealkylation sites (tertiary alicyclic amines) is 1. The van der Waals surface area contributed by atoms with E-state index in [-0.39, 0.29) is 34.8 Å². The lowest BCUT2D eigenvalue weighted by atomic mass is 10.0. The molecule has 1 aliphatic heterocycles. The van der Waals surface area contributed by atoms with Gasteiger partial charge in [0.2, 0.25) is 5.91 Å². The molecule has 47 heavy (non-hydrogen) atoms. The van der Waals surface area contributed by atoms with Crippen LogP contribution in [0.3, 0.4) is 0 Å². The summed E-state index contributed by atoms with van der Waals surface area (Å²) in [7, 11) is 1.55. The molecule has 0 spiro atoms. The molecule has 3 heterocycles. The first-order chi connectivity index (χ1) is 22.4. The van der Waals surface area contributed by atoms with Crippen LogP contribution in [0.1, 0.15) is 30.3 Å². The molecule has 1 aliphatic rings. The van der Waals surface area contributed by atoms with Crippen LogP contribution >= 0.6 is 0 Å². The summed E-state index contributed by atoms with van der Waals surface area (Å²) < 4.78 is 65.0. The van der Waals surface area contributed by atoms with Gasteiger partial charge in [0.25, 0.3) is 5.91 Å². The van der Waals surface area contributed by atoms with Crippen LogP contribution < -0.4 is 25.4 Å². The molecule has 1 atom stereocenters. The third kappa shape index (κ3) is 7.85. The number of hydrogen-bond donors (Lipinski definition) is 3. The standard InChI is InChI=1S/C32H31F4N7O4/c1-4-29(44)43-11-8-19(9-12-43)41-26-15-22-25(16-28(26)46-3)38-17-39-30(22)42-24-6-5-20(13-23(24)33)47-21-7-10-37-27(14-21)31(45)40-18(2)32(34,35)36/h4-7,10,13-19,41H,1,8-9,11-12H2,2-3H3,(H,40,45)(H,38,39,42)/t18-/m0/s1. The van der Waals surface area contributed by atoms with Crippen molar-refractivity contribution in [2.75, 3.05) is 30.8 Å². The van der Waals surface area contributed by atoms with Gasteiger partial charge in [-0.05, 0) is 50.1 Å². The summed E-state index contributed by atoms with van der Waals surface area (Å²) in [6.45, 7) is 5.54. The zero-order valence-electron chi connectivity index (χ0n) is 25.4. The van der Waals surface area contributed by atoms with E-state index in [0.717, 1.165) is 31.9 Å². The Hall–Kier alpha value is -5.47. The third-order valence-electron chi connectivity index (χ3n) is 7.53. The number of benzene rings is 2. The van der Waals surface area contributed by atoms with E-state index < -0.39 is 23.9 Å². The highest BCUT2D eigenvalue weighted by Gasteiger charge is 2.37. The molecular formula is C32H31F4N7O4. The van der Waals surface area contributed by atoms with Crippen LogP contribution in [0.15, 0.2) is 67.6 Å². The van der Waals surface area contributed by atoms with Gasteiger partial charge in [0.05, 0.1) is 24.0 Å². The molecule has 0 aliphatic carbocycles. The van der Waals surface area contributed by atoms with E-state index >= 15 is 4.39 Å². The molecule has 1 saturated heterocycles. The summed E-state index contributed by atoms with van der Waals surface area (Å²) in [6.07, 6.45) is 0.675. The fourth-order valence-electron chi connectivity index (χ4n) is 4.93. The first kappa shape index (κ1) is 32.9. The van der Waals surface area contributed by atoms with Gasteiger partial charge in [-0.1, -0.05) is 6.58 Å². The summed E-state index contributed by atoms with van der Waals surface area (Å²) in [4.78, 5) is 38.4. The second-order valence-corrected chi connectivity index (χ2v) is 10.7. The van der Waals surface area contributed by atoms with Crippen LogP contribution in [0.5, 0.6) is 17.2 Å². The van der Waals surface area contributed by atoms with E-state index in [0.29, 0.717) is 41.2 Å². The van der Waals surface area contributed by atoms with Crippen LogP contribution in [-0.2, 0) is 4.79 Å². The number of rotatable bonds is 10. The summed E-state index contributed by atoms with van der Waals surface area (Å²) in [5, 5.41) is 8.91. The second-order valence-electron chi connectivity index (χ2n) is 10.7. The minimum Gasteiger partial charge on any atom is -0.495 e. The molecule has 0 bridgehead atoms. The van der Waals surface area contributed by atoms with Crippen molar-refractivity contribution in [1.29, 1.82) is 0 Å². The van der Waals surface area contributed by atoms with Crippen molar-refractivity contribution in [3.05, 3.63) is 79.2 Å². The summed E-state index contributed by atoms with van der Waals surface area (Å²) >= 11 is 0. The van der Waals surface area contributed by atoms with Gasteiger partial charge >= 0.3 is 6.18 Å². The fourth-order valence-corrected chi connectivity index (χ4v) is 4.93. The number of nitrogens with one attached hydrogen (secondary N) is 3. The molecule has 3 N–H and O–H groups in total. The Balaban J connectivity index is 1.31. The summed E-state index contributed by atoms with van der Waals surface area (Å²) in [6, 6.07) is 8.12. The molecule has 2 aromatic carbocycles. The Bertz CT molecular complexity index is 1800. The predicted octanol–water partition coefficient (Wildman–Crippen LogP) is 5.98. The van der Waals surface area contributed by atoms with Crippen molar-refractivity contribution < 1.29 is 36.6 Å². The molecule has 0 saturated carbocycles. The largest absolute Gasteiger partial charge is 0.495 e. The van der Waals surface area contributed by atoms with E-state index in [1.807, 2.05) is 11.4 Å². The first-order valence-corrected chi connectivity index (χ1v) is 14.5. The fraction of sp³-hybridized carbons (Fsp3) is 0.281. The van der Waals surface area contributed by atoms with Gasteiger partial charge in [-0.3, -0.25) is 14.6 Å². The molecule has 4 aromatic rings. The van der Waals surface area contributed by atoms with Gasteiger partial charge in [-0.25, -0.2) is 14.4 Å². The maximum absolute atomic E-state index is 15.3. The number of carbonyl (C=O) groups excluding carboxylic acids is 2. The highest BCUT2D eigenvalue weighted by atomic mass is 19.4. The minimum absolute atomic E-state index is 0.0682. The second kappa shape index (κ2) is 13.9. The van der Waals surface area contributed by atoms with Crippen molar-refractivity contribution in [3.63, 3.8) is 0 Å². The van der Waals surface area contributed by atoms with E-state index in [1.165, 1.54) is 36.8 Å². The van der Waals surface area contributed by atoms with Gasteiger partial charge in [0.15, 0.2) is 0 Å². The van der Waals surface area contributed by atoms with Crippen LogP contribution in [0.25, 0.3) is 10.9 Å². The van der Waals surface area contributed by atoms with Crippen molar-refractivity contribution in [3.8, 4) is 17.2 Å². The Morgan fingerprint density at radius 3 is 2.47 bits per heavy atom. The Kier molecular flexibility index (Phi) is 9.72. The predicted molar refractivity (Wildman–Crippen MR) is 166 cm³/mol. The maximum Gasteiger partial charge on any atom is 0.408 e. The number of amides is 2. The highest BCUT2D eigenvalue weighted by molar-refractivity contribution is 5.95. The summed E-state index contributed by atoms with van der Waals surface area (Å²) in [5.41, 5.74) is 1.03. The van der Waals surface area contributed by atoms with Gasteiger partial charge < -0.3 is 30.3 Å². The minimum atomic E-state index is -4.62. The number of ether oxygens (including phenoxy) is 2. The quantitative estimate of drug-likeness (QED) is 0.140. The van der Waals surface area contributed by atoms with Crippen molar-refractivity contribution in [2.45, 2.75) is 38.0 Å². The number of carbonyl (C=O) groups is 2. The molecule has 2 amide bonds. The SMILES string of the molecule is C=CC(=O)N1CCC(Nc2cc3c(Nc4ccc(Oc5ccnc(C(=O)N[C@@H](C)C(F)(F)F)c5)cc4F)ncnc3cc2OC)CC1. The van der Waals surface area contributed by atoms with Crippen molar-refractivity contribution >= 4 is 39.9 Å². The molecule has 0 radical (unpaired) electrons. The zero-order valence-corrected chi connectivity index (χ0v) is 25.4. The molecule has 5 rings (SSSR count). The molecule has 0 unspecified atom stereocenters. The van der Waals surface area contributed by atoms with Gasteiger partial charge in [-0.15, -0.1) is 0 Å². The number of halogens is 4. The number of fused-ring (bicyclic) bond motifs is 1. The molecule has 246 valence electrons. The topological polar surface area (TPSA) is 131 Å². The van der Waals surface area contributed by atoms with Crippen LogP contribution in [0.2, 0.25) is 0 Å². The Morgan fingerprint density at radius 1 is 1.04 bits per heavy atom. The normalized spacial score (nSPS) is 14.3. The van der Waals surface area contributed by atoms with Crippen LogP contribution in [-0.4, -0.2) is 70.1 Å². The average Bonchev–Trinajstić information content (AvgIpc) is 3.05. The van der Waals surface area contributed by atoms with E-state index in [9.17, 15) is 22.8 Å². The lowest BCUT2D eigenvalue weighted by molar-refractivity contribution is -0.149. The number of nitrogens with zero attached hydrogens (tertiary/aromatic N) is 4. The first-order valence-electron chi connectivity index (χ1n) is 14.5. The lowest BCUT2D eigenvalue weighted by Crippen LogP contribution is -2.43. The number of anilines is 3. The number of piperidine rings is 1. The monoisotopic (exact) mass is 653 g/mol. The third-order valence-corrected chi connectivity index (χ3v) is 7.53. The molecule has 15 heteroatoms. The van der Waals surface area contributed by atoms with Crippen LogP contribution in [0.4, 0.5) is 34.8 Å².